The van der Waals surface area contributed by atoms with Gasteiger partial charge in [-0.25, -0.2) is 0 Å². The van der Waals surface area contributed by atoms with Crippen molar-refractivity contribution >= 4 is 22.8 Å². The molecule has 0 N–H and O–H groups in total. The lowest BCUT2D eigenvalue weighted by Crippen LogP contribution is -2.31. The molecule has 1 atom stereocenters. The van der Waals surface area contributed by atoms with Gasteiger partial charge in [-0.2, -0.15) is 4.98 Å². The Kier molecular flexibility index (Phi) is 4.53. The highest BCUT2D eigenvalue weighted by Crippen LogP contribution is 2.20. The zero-order valence-corrected chi connectivity index (χ0v) is 15.2. The minimum absolute atomic E-state index is 0.0261. The fourth-order valence-corrected chi connectivity index (χ4v) is 3.07. The molecular formula is C19H20N6O2. The van der Waals surface area contributed by atoms with E-state index in [-0.39, 0.29) is 12.0 Å². The molecule has 1 fully saturated rings. The van der Waals surface area contributed by atoms with E-state index < -0.39 is 0 Å². The molecule has 1 aromatic carbocycles. The number of likely N-dealkylation sites (tertiary alicyclic amines) is 1. The monoisotopic (exact) mass is 364 g/mol. The minimum atomic E-state index is -0.0964. The van der Waals surface area contributed by atoms with Crippen LogP contribution in [0.1, 0.15) is 16.8 Å². The number of amides is 1. The molecule has 2 aromatic heterocycles. The van der Waals surface area contributed by atoms with E-state index in [9.17, 15) is 4.79 Å². The summed E-state index contributed by atoms with van der Waals surface area (Å²) in [5.74, 6) is 1.18. The number of aromatic nitrogens is 4. The Morgan fingerprint density at radius 2 is 2.00 bits per heavy atom. The van der Waals surface area contributed by atoms with E-state index in [1.165, 1.54) is 0 Å². The quantitative estimate of drug-likeness (QED) is 0.698. The maximum absolute atomic E-state index is 12.8. The molecule has 0 saturated carbocycles. The van der Waals surface area contributed by atoms with Crippen LogP contribution in [0.2, 0.25) is 0 Å². The van der Waals surface area contributed by atoms with E-state index in [0.717, 1.165) is 17.8 Å². The first-order valence-electron chi connectivity index (χ1n) is 8.76. The summed E-state index contributed by atoms with van der Waals surface area (Å²) in [6, 6.07) is 5.40. The third-order valence-corrected chi connectivity index (χ3v) is 4.49. The highest BCUT2D eigenvalue weighted by Gasteiger charge is 2.29. The Labute approximate surface area is 156 Å². The highest BCUT2D eigenvalue weighted by atomic mass is 16.5. The third-order valence-electron chi connectivity index (χ3n) is 4.49. The molecule has 0 bridgehead atoms. The SMILES string of the molecule is CN(C)c1cncc(O[C@H]2CCN(C(=O)c3ccc4nccnc4c3)C2)n1. The van der Waals surface area contributed by atoms with Crippen LogP contribution < -0.4 is 9.64 Å². The average molecular weight is 364 g/mol. The maximum Gasteiger partial charge on any atom is 0.254 e. The standard InChI is InChI=1S/C19H20N6O2/c1-24(2)17-10-20-11-18(23-17)27-14-5-8-25(12-14)19(26)13-3-4-15-16(9-13)22-7-6-21-15/h3-4,6-7,9-11,14H,5,8,12H2,1-2H3/t14-/m0/s1. The Morgan fingerprint density at radius 3 is 2.81 bits per heavy atom. The molecule has 0 radical (unpaired) electrons. The lowest BCUT2D eigenvalue weighted by Gasteiger charge is -2.18. The number of rotatable bonds is 4. The molecule has 0 unspecified atom stereocenters. The van der Waals surface area contributed by atoms with Gasteiger partial charge in [0.1, 0.15) is 6.10 Å². The molecule has 1 amide bonds. The van der Waals surface area contributed by atoms with Gasteiger partial charge < -0.3 is 14.5 Å². The number of anilines is 1. The van der Waals surface area contributed by atoms with Crippen molar-refractivity contribution in [1.29, 1.82) is 0 Å². The summed E-state index contributed by atoms with van der Waals surface area (Å²) in [6.07, 6.45) is 7.20. The maximum atomic E-state index is 12.8. The zero-order valence-electron chi connectivity index (χ0n) is 15.2. The van der Waals surface area contributed by atoms with E-state index in [1.54, 1.807) is 41.8 Å². The number of carbonyl (C=O) groups excluding carboxylic acids is 1. The number of carbonyl (C=O) groups is 1. The van der Waals surface area contributed by atoms with E-state index in [4.69, 9.17) is 4.74 Å². The van der Waals surface area contributed by atoms with Crippen molar-refractivity contribution in [1.82, 2.24) is 24.8 Å². The number of benzene rings is 1. The van der Waals surface area contributed by atoms with E-state index in [2.05, 4.69) is 19.9 Å². The van der Waals surface area contributed by atoms with Crippen LogP contribution in [0.3, 0.4) is 0 Å². The predicted octanol–water partition coefficient (Wildman–Crippen LogP) is 1.78. The lowest BCUT2D eigenvalue weighted by molar-refractivity contribution is 0.0771. The third kappa shape index (κ3) is 3.64. The average Bonchev–Trinajstić information content (AvgIpc) is 3.15. The molecule has 138 valence electrons. The largest absolute Gasteiger partial charge is 0.471 e. The summed E-state index contributed by atoms with van der Waals surface area (Å²) in [6.45, 7) is 1.16. The second kappa shape index (κ2) is 7.14. The Hall–Kier alpha value is -3.29. The summed E-state index contributed by atoms with van der Waals surface area (Å²) < 4.78 is 5.94. The number of fused-ring (bicyclic) bond motifs is 1. The van der Waals surface area contributed by atoms with Gasteiger partial charge in [-0.05, 0) is 18.2 Å². The van der Waals surface area contributed by atoms with Gasteiger partial charge in [0.15, 0.2) is 5.82 Å². The molecule has 8 nitrogen and oxygen atoms in total. The van der Waals surface area contributed by atoms with Gasteiger partial charge >= 0.3 is 0 Å². The van der Waals surface area contributed by atoms with Gasteiger partial charge in [0, 0.05) is 45.0 Å². The Balaban J connectivity index is 1.44. The van der Waals surface area contributed by atoms with Gasteiger partial charge in [0.2, 0.25) is 5.88 Å². The Morgan fingerprint density at radius 1 is 1.19 bits per heavy atom. The molecule has 8 heteroatoms. The van der Waals surface area contributed by atoms with Crippen molar-refractivity contribution in [2.75, 3.05) is 32.1 Å². The van der Waals surface area contributed by atoms with Crippen molar-refractivity contribution < 1.29 is 9.53 Å². The molecule has 27 heavy (non-hydrogen) atoms. The van der Waals surface area contributed by atoms with Crippen LogP contribution in [0.4, 0.5) is 5.82 Å². The fourth-order valence-electron chi connectivity index (χ4n) is 3.07. The molecule has 1 aliphatic heterocycles. The number of ether oxygens (including phenoxy) is 1. The van der Waals surface area contributed by atoms with E-state index in [1.807, 2.05) is 25.1 Å². The second-order valence-electron chi connectivity index (χ2n) is 6.65. The van der Waals surface area contributed by atoms with Gasteiger partial charge in [-0.1, -0.05) is 0 Å². The van der Waals surface area contributed by atoms with Crippen molar-refractivity contribution in [3.8, 4) is 5.88 Å². The van der Waals surface area contributed by atoms with Crippen molar-refractivity contribution in [3.05, 3.63) is 48.5 Å². The number of hydrogen-bond donors (Lipinski definition) is 0. The van der Waals surface area contributed by atoms with Gasteiger partial charge in [-0.15, -0.1) is 0 Å². The molecule has 1 saturated heterocycles. The summed E-state index contributed by atoms with van der Waals surface area (Å²) in [4.78, 5) is 33.6. The first-order chi connectivity index (χ1) is 13.1. The van der Waals surface area contributed by atoms with E-state index >= 15 is 0 Å². The number of nitrogens with zero attached hydrogens (tertiary/aromatic N) is 6. The van der Waals surface area contributed by atoms with Crippen LogP contribution in [-0.4, -0.2) is 64.0 Å². The second-order valence-corrected chi connectivity index (χ2v) is 6.65. The molecule has 3 aromatic rings. The highest BCUT2D eigenvalue weighted by molar-refractivity contribution is 5.97. The van der Waals surface area contributed by atoms with Gasteiger partial charge in [0.05, 0.1) is 30.0 Å². The van der Waals surface area contributed by atoms with Crippen molar-refractivity contribution in [2.24, 2.45) is 0 Å². The van der Waals surface area contributed by atoms with Crippen molar-refractivity contribution in [3.63, 3.8) is 0 Å². The van der Waals surface area contributed by atoms with Crippen LogP contribution in [0, 0.1) is 0 Å². The molecule has 0 aliphatic carbocycles. The van der Waals surface area contributed by atoms with Crippen LogP contribution in [0.15, 0.2) is 43.0 Å². The van der Waals surface area contributed by atoms with E-state index in [0.29, 0.717) is 30.0 Å². The van der Waals surface area contributed by atoms with Crippen LogP contribution in [-0.2, 0) is 0 Å². The topological polar surface area (TPSA) is 84.3 Å². The van der Waals surface area contributed by atoms with Gasteiger partial charge in [0.25, 0.3) is 5.91 Å². The molecule has 1 aliphatic rings. The molecule has 0 spiro atoms. The summed E-state index contributed by atoms with van der Waals surface area (Å²) >= 11 is 0. The van der Waals surface area contributed by atoms with Crippen LogP contribution in [0.5, 0.6) is 5.88 Å². The normalized spacial score (nSPS) is 16.5. The first-order valence-corrected chi connectivity index (χ1v) is 8.76. The van der Waals surface area contributed by atoms with Gasteiger partial charge in [-0.3, -0.25) is 19.7 Å². The Bertz CT molecular complexity index is 977. The predicted molar refractivity (Wildman–Crippen MR) is 101 cm³/mol. The minimum Gasteiger partial charge on any atom is -0.471 e. The smallest absolute Gasteiger partial charge is 0.254 e. The lowest BCUT2D eigenvalue weighted by atomic mass is 10.1. The first kappa shape index (κ1) is 17.1. The summed E-state index contributed by atoms with van der Waals surface area (Å²) in [7, 11) is 3.80. The van der Waals surface area contributed by atoms with Crippen LogP contribution >= 0.6 is 0 Å². The molecule has 4 rings (SSSR count). The number of hydrogen-bond acceptors (Lipinski definition) is 7. The fraction of sp³-hybridized carbons (Fsp3) is 0.316. The van der Waals surface area contributed by atoms with Crippen LogP contribution in [0.25, 0.3) is 11.0 Å². The van der Waals surface area contributed by atoms with Crippen molar-refractivity contribution in [2.45, 2.75) is 12.5 Å². The zero-order chi connectivity index (χ0) is 18.8. The molecule has 3 heterocycles. The summed E-state index contributed by atoms with van der Waals surface area (Å²) in [5.41, 5.74) is 2.10. The molecular weight excluding hydrogens is 344 g/mol. The summed E-state index contributed by atoms with van der Waals surface area (Å²) in [5, 5.41) is 0.